The van der Waals surface area contributed by atoms with Crippen LogP contribution in [0, 0.1) is 5.92 Å². The van der Waals surface area contributed by atoms with Crippen LogP contribution in [0.25, 0.3) is 0 Å². The molecule has 0 unspecified atom stereocenters. The van der Waals surface area contributed by atoms with Crippen LogP contribution in [-0.2, 0) is 13.1 Å². The third-order valence-electron chi connectivity index (χ3n) is 5.79. The quantitative estimate of drug-likeness (QED) is 0.751. The number of piperidine rings is 1. The number of amides is 1. The Bertz CT molecular complexity index is 1010. The molecule has 0 N–H and O–H groups in total. The van der Waals surface area contributed by atoms with Gasteiger partial charge in [0, 0.05) is 43.4 Å². The highest BCUT2D eigenvalue weighted by Crippen LogP contribution is 2.36. The molecule has 0 radical (unpaired) electrons. The van der Waals surface area contributed by atoms with E-state index in [4.69, 9.17) is 0 Å². The van der Waals surface area contributed by atoms with Gasteiger partial charge in [-0.25, -0.2) is 0 Å². The fourth-order valence-electron chi connectivity index (χ4n) is 4.63. The van der Waals surface area contributed by atoms with Gasteiger partial charge in [0.05, 0.1) is 5.56 Å². The highest BCUT2D eigenvalue weighted by atomic mass is 19.3. The molecule has 2 aromatic rings. The SMILES string of the molecule is CN(C)Cc1ccc2n(c1=O)C[C@H]1C[C@@H]2CN(C(=O)c2ccccc2OC(F)F)C1. The molecule has 0 aliphatic carbocycles. The van der Waals surface area contributed by atoms with Gasteiger partial charge in [-0.3, -0.25) is 9.59 Å². The molecule has 3 heterocycles. The summed E-state index contributed by atoms with van der Waals surface area (Å²) in [5.41, 5.74) is 1.87. The van der Waals surface area contributed by atoms with Gasteiger partial charge in [0.15, 0.2) is 0 Å². The Hall–Kier alpha value is -2.74. The van der Waals surface area contributed by atoms with Crippen molar-refractivity contribution in [2.24, 2.45) is 5.92 Å². The number of pyridine rings is 1. The molecule has 160 valence electrons. The average molecular weight is 417 g/mol. The van der Waals surface area contributed by atoms with E-state index in [0.717, 1.165) is 17.7 Å². The van der Waals surface area contributed by atoms with E-state index in [2.05, 4.69) is 4.74 Å². The number of carbonyl (C=O) groups excluding carboxylic acids is 1. The summed E-state index contributed by atoms with van der Waals surface area (Å²) in [7, 11) is 3.86. The maximum atomic E-state index is 13.1. The second kappa shape index (κ2) is 8.18. The van der Waals surface area contributed by atoms with E-state index in [1.165, 1.54) is 12.1 Å². The maximum absolute atomic E-state index is 13.1. The predicted octanol–water partition coefficient (Wildman–Crippen LogP) is 2.77. The van der Waals surface area contributed by atoms with Crippen LogP contribution in [0.5, 0.6) is 5.75 Å². The van der Waals surface area contributed by atoms with Crippen LogP contribution < -0.4 is 10.3 Å². The molecule has 1 saturated heterocycles. The largest absolute Gasteiger partial charge is 0.434 e. The summed E-state index contributed by atoms with van der Waals surface area (Å²) >= 11 is 0. The minimum Gasteiger partial charge on any atom is -0.434 e. The van der Waals surface area contributed by atoms with Crippen molar-refractivity contribution in [1.82, 2.24) is 14.4 Å². The van der Waals surface area contributed by atoms with Gasteiger partial charge in [-0.1, -0.05) is 18.2 Å². The van der Waals surface area contributed by atoms with Crippen molar-refractivity contribution >= 4 is 5.91 Å². The number of nitrogens with zero attached hydrogens (tertiary/aromatic N) is 3. The number of hydrogen-bond acceptors (Lipinski definition) is 4. The molecule has 1 fully saturated rings. The van der Waals surface area contributed by atoms with Crippen LogP contribution >= 0.6 is 0 Å². The lowest BCUT2D eigenvalue weighted by molar-refractivity contribution is -0.0503. The smallest absolute Gasteiger partial charge is 0.387 e. The van der Waals surface area contributed by atoms with Crippen molar-refractivity contribution in [2.75, 3.05) is 27.2 Å². The Morgan fingerprint density at radius 2 is 1.93 bits per heavy atom. The number of rotatable bonds is 5. The van der Waals surface area contributed by atoms with E-state index in [-0.39, 0.29) is 34.6 Å². The van der Waals surface area contributed by atoms with Gasteiger partial charge >= 0.3 is 6.61 Å². The number of carbonyl (C=O) groups is 1. The minimum atomic E-state index is -2.99. The third kappa shape index (κ3) is 3.96. The lowest BCUT2D eigenvalue weighted by Crippen LogP contribution is -2.49. The summed E-state index contributed by atoms with van der Waals surface area (Å²) in [5.74, 6) is -0.236. The molecular formula is C22H25F2N3O3. The monoisotopic (exact) mass is 417 g/mol. The average Bonchev–Trinajstić information content (AvgIpc) is 2.69. The summed E-state index contributed by atoms with van der Waals surface area (Å²) in [4.78, 5) is 29.7. The molecule has 2 bridgehead atoms. The van der Waals surface area contributed by atoms with Gasteiger partial charge in [0.25, 0.3) is 11.5 Å². The van der Waals surface area contributed by atoms with E-state index in [9.17, 15) is 18.4 Å². The first-order valence-corrected chi connectivity index (χ1v) is 10.0. The first-order chi connectivity index (χ1) is 14.3. The Kier molecular flexibility index (Phi) is 5.60. The zero-order chi connectivity index (χ0) is 21.4. The second-order valence-corrected chi connectivity index (χ2v) is 8.32. The van der Waals surface area contributed by atoms with Crippen molar-refractivity contribution in [3.8, 4) is 5.75 Å². The molecule has 2 aliphatic heterocycles. The van der Waals surface area contributed by atoms with E-state index < -0.39 is 6.61 Å². The number of ether oxygens (including phenoxy) is 1. The van der Waals surface area contributed by atoms with Gasteiger partial charge in [0.1, 0.15) is 5.75 Å². The molecule has 8 heteroatoms. The molecule has 1 aromatic carbocycles. The number of para-hydroxylation sites is 1. The van der Waals surface area contributed by atoms with E-state index in [1.807, 2.05) is 35.7 Å². The van der Waals surface area contributed by atoms with E-state index >= 15 is 0 Å². The van der Waals surface area contributed by atoms with Crippen molar-refractivity contribution in [3.05, 3.63) is 63.6 Å². The molecule has 0 spiro atoms. The highest BCUT2D eigenvalue weighted by molar-refractivity contribution is 5.97. The number of hydrogen-bond donors (Lipinski definition) is 0. The summed E-state index contributed by atoms with van der Waals surface area (Å²) < 4.78 is 31.8. The number of benzene rings is 1. The third-order valence-corrected chi connectivity index (χ3v) is 5.79. The van der Waals surface area contributed by atoms with Crippen LogP contribution in [-0.4, -0.2) is 54.1 Å². The van der Waals surface area contributed by atoms with Crippen molar-refractivity contribution in [3.63, 3.8) is 0 Å². The molecule has 6 nitrogen and oxygen atoms in total. The molecule has 1 aromatic heterocycles. The number of alkyl halides is 2. The number of halogens is 2. The highest BCUT2D eigenvalue weighted by Gasteiger charge is 2.37. The molecule has 30 heavy (non-hydrogen) atoms. The minimum absolute atomic E-state index is 0.0337. The van der Waals surface area contributed by atoms with Gasteiger partial charge in [-0.05, 0) is 44.6 Å². The Balaban J connectivity index is 1.59. The van der Waals surface area contributed by atoms with Crippen molar-refractivity contribution in [2.45, 2.75) is 32.0 Å². The van der Waals surface area contributed by atoms with Gasteiger partial charge in [-0.15, -0.1) is 0 Å². The first-order valence-electron chi connectivity index (χ1n) is 10.0. The van der Waals surface area contributed by atoms with E-state index in [1.54, 1.807) is 17.0 Å². The maximum Gasteiger partial charge on any atom is 0.387 e. The Morgan fingerprint density at radius 3 is 2.67 bits per heavy atom. The van der Waals surface area contributed by atoms with E-state index in [0.29, 0.717) is 26.2 Å². The van der Waals surface area contributed by atoms with Gasteiger partial charge in [-0.2, -0.15) is 8.78 Å². The number of likely N-dealkylation sites (tertiary alicyclic amines) is 1. The fraction of sp³-hybridized carbons (Fsp3) is 0.455. The fourth-order valence-corrected chi connectivity index (χ4v) is 4.63. The van der Waals surface area contributed by atoms with Crippen molar-refractivity contribution < 1.29 is 18.3 Å². The van der Waals surface area contributed by atoms with Crippen LogP contribution in [0.1, 0.15) is 34.0 Å². The molecule has 0 saturated carbocycles. The van der Waals surface area contributed by atoms with Crippen LogP contribution in [0.15, 0.2) is 41.2 Å². The second-order valence-electron chi connectivity index (χ2n) is 8.32. The zero-order valence-electron chi connectivity index (χ0n) is 17.1. The van der Waals surface area contributed by atoms with Crippen molar-refractivity contribution in [1.29, 1.82) is 0 Å². The van der Waals surface area contributed by atoms with Gasteiger partial charge in [0.2, 0.25) is 0 Å². The molecule has 1 amide bonds. The Morgan fingerprint density at radius 1 is 1.17 bits per heavy atom. The molecule has 4 rings (SSSR count). The Labute approximate surface area is 173 Å². The predicted molar refractivity (Wildman–Crippen MR) is 108 cm³/mol. The standard InChI is InChI=1S/C22H25F2N3O3/c1-25(2)12-15-7-8-18-16-9-14(11-27(18)20(15)28)10-26(13-16)21(29)17-5-3-4-6-19(17)30-22(23)24/h3-8,14,16,22H,9-13H2,1-2H3/t14-,16+/m0/s1. The topological polar surface area (TPSA) is 54.8 Å². The number of fused-ring (bicyclic) bond motifs is 4. The normalized spacial score (nSPS) is 20.4. The summed E-state index contributed by atoms with van der Waals surface area (Å²) in [6, 6.07) is 9.95. The molecule has 2 aliphatic rings. The summed E-state index contributed by atoms with van der Waals surface area (Å²) in [5, 5.41) is 0. The summed E-state index contributed by atoms with van der Waals surface area (Å²) in [6.45, 7) is -0.910. The van der Waals surface area contributed by atoms with Crippen LogP contribution in [0.2, 0.25) is 0 Å². The number of aromatic nitrogens is 1. The van der Waals surface area contributed by atoms with Gasteiger partial charge < -0.3 is 19.1 Å². The van der Waals surface area contributed by atoms with Crippen LogP contribution in [0.3, 0.4) is 0 Å². The first kappa shape index (κ1) is 20.5. The molecule has 2 atom stereocenters. The summed E-state index contributed by atoms with van der Waals surface area (Å²) in [6.07, 6.45) is 0.908. The lowest BCUT2D eigenvalue weighted by Gasteiger charge is -2.43. The zero-order valence-corrected chi connectivity index (χ0v) is 17.1. The lowest BCUT2D eigenvalue weighted by atomic mass is 9.82. The molecular weight excluding hydrogens is 392 g/mol. The van der Waals surface area contributed by atoms with Crippen LogP contribution in [0.4, 0.5) is 8.78 Å².